The number of aromatic nitrogens is 1. The summed E-state index contributed by atoms with van der Waals surface area (Å²) in [6.45, 7) is 2.63. The van der Waals surface area contributed by atoms with Gasteiger partial charge in [0, 0.05) is 17.3 Å². The van der Waals surface area contributed by atoms with Gasteiger partial charge in [-0.15, -0.1) is 0 Å². The summed E-state index contributed by atoms with van der Waals surface area (Å²) in [6.07, 6.45) is 3.84. The number of carboxylic acids is 1. The number of benzene rings is 2. The number of aryl methyl sites for hydroxylation is 1. The third kappa shape index (κ3) is 5.52. The third-order valence-corrected chi connectivity index (χ3v) is 5.58. The number of amides is 1. The maximum atomic E-state index is 13.0. The average molecular weight is 431 g/mol. The molecule has 6 heteroatoms. The molecule has 164 valence electrons. The van der Waals surface area contributed by atoms with E-state index in [1.54, 1.807) is 18.3 Å². The first kappa shape index (κ1) is 21.6. The Morgan fingerprint density at radius 3 is 2.69 bits per heavy atom. The van der Waals surface area contributed by atoms with Crippen molar-refractivity contribution in [3.63, 3.8) is 0 Å². The van der Waals surface area contributed by atoms with Crippen LogP contribution in [0.4, 0.5) is 0 Å². The van der Waals surface area contributed by atoms with Crippen molar-refractivity contribution in [3.05, 3.63) is 83.6 Å². The van der Waals surface area contributed by atoms with Crippen LogP contribution in [0.3, 0.4) is 0 Å². The number of pyridine rings is 1. The minimum atomic E-state index is -0.975. The van der Waals surface area contributed by atoms with Gasteiger partial charge in [-0.05, 0) is 61.1 Å². The standard InChI is InChI=1S/C26H26N2O4/c1-17-5-2-3-8-22(17)24(15-25(29)30)28-26(31)20-11-12-27-23(14-20)19-6-4-7-21(13-19)32-16-18-9-10-18/h2-8,11-14,18,24H,9-10,15-16H2,1H3,(H,28,31)(H,29,30)/t24-/m0/s1. The van der Waals surface area contributed by atoms with Crippen LogP contribution in [-0.2, 0) is 4.79 Å². The van der Waals surface area contributed by atoms with Crippen molar-refractivity contribution >= 4 is 11.9 Å². The van der Waals surface area contributed by atoms with E-state index in [-0.39, 0.29) is 12.3 Å². The van der Waals surface area contributed by atoms with E-state index in [4.69, 9.17) is 4.74 Å². The topological polar surface area (TPSA) is 88.5 Å². The molecule has 1 saturated carbocycles. The van der Waals surface area contributed by atoms with Gasteiger partial charge in [0.2, 0.25) is 0 Å². The summed E-state index contributed by atoms with van der Waals surface area (Å²) < 4.78 is 5.86. The van der Waals surface area contributed by atoms with Crippen molar-refractivity contribution < 1.29 is 19.4 Å². The van der Waals surface area contributed by atoms with Gasteiger partial charge in [-0.1, -0.05) is 36.4 Å². The van der Waals surface area contributed by atoms with E-state index in [1.165, 1.54) is 12.8 Å². The molecule has 0 radical (unpaired) electrons. The number of rotatable bonds is 9. The Balaban J connectivity index is 1.53. The molecule has 0 bridgehead atoms. The van der Waals surface area contributed by atoms with E-state index in [2.05, 4.69) is 10.3 Å². The first-order valence-electron chi connectivity index (χ1n) is 10.8. The quantitative estimate of drug-likeness (QED) is 0.509. The molecule has 0 spiro atoms. The fraction of sp³-hybridized carbons (Fsp3) is 0.269. The normalized spacial score (nSPS) is 13.9. The Morgan fingerprint density at radius 2 is 1.94 bits per heavy atom. The molecular formula is C26H26N2O4. The second-order valence-corrected chi connectivity index (χ2v) is 8.19. The molecule has 2 aromatic carbocycles. The number of carbonyl (C=O) groups excluding carboxylic acids is 1. The summed E-state index contributed by atoms with van der Waals surface area (Å²) in [5, 5.41) is 12.2. The van der Waals surface area contributed by atoms with Gasteiger partial charge in [-0.25, -0.2) is 0 Å². The van der Waals surface area contributed by atoms with Gasteiger partial charge in [-0.3, -0.25) is 14.6 Å². The molecule has 0 unspecified atom stereocenters. The monoisotopic (exact) mass is 430 g/mol. The highest BCUT2D eigenvalue weighted by atomic mass is 16.5. The number of hydrogen-bond acceptors (Lipinski definition) is 4. The number of nitrogens with zero attached hydrogens (tertiary/aromatic N) is 1. The van der Waals surface area contributed by atoms with Crippen LogP contribution in [0.5, 0.6) is 5.75 Å². The van der Waals surface area contributed by atoms with E-state index < -0.39 is 12.0 Å². The molecule has 1 aliphatic rings. The largest absolute Gasteiger partial charge is 0.493 e. The molecule has 0 saturated heterocycles. The number of hydrogen-bond donors (Lipinski definition) is 2. The highest BCUT2D eigenvalue weighted by Crippen LogP contribution is 2.30. The first-order valence-corrected chi connectivity index (χ1v) is 10.8. The molecule has 1 amide bonds. The molecule has 32 heavy (non-hydrogen) atoms. The van der Waals surface area contributed by atoms with E-state index in [9.17, 15) is 14.7 Å². The molecule has 6 nitrogen and oxygen atoms in total. The first-order chi connectivity index (χ1) is 15.5. The maximum Gasteiger partial charge on any atom is 0.305 e. The molecular weight excluding hydrogens is 404 g/mol. The lowest BCUT2D eigenvalue weighted by molar-refractivity contribution is -0.137. The van der Waals surface area contributed by atoms with Crippen LogP contribution < -0.4 is 10.1 Å². The Bertz CT molecular complexity index is 1120. The van der Waals surface area contributed by atoms with E-state index >= 15 is 0 Å². The van der Waals surface area contributed by atoms with Gasteiger partial charge in [0.25, 0.3) is 5.91 Å². The minimum absolute atomic E-state index is 0.199. The second-order valence-electron chi connectivity index (χ2n) is 8.19. The Morgan fingerprint density at radius 1 is 1.12 bits per heavy atom. The highest BCUT2D eigenvalue weighted by molar-refractivity contribution is 5.95. The van der Waals surface area contributed by atoms with Crippen LogP contribution in [0.1, 0.15) is 46.8 Å². The lowest BCUT2D eigenvalue weighted by Gasteiger charge is -2.19. The second kappa shape index (κ2) is 9.64. The number of ether oxygens (including phenoxy) is 1. The minimum Gasteiger partial charge on any atom is -0.493 e. The molecule has 4 rings (SSSR count). The Kier molecular flexibility index (Phi) is 6.50. The van der Waals surface area contributed by atoms with Crippen LogP contribution in [0.2, 0.25) is 0 Å². The summed E-state index contributed by atoms with van der Waals surface area (Å²) in [5.41, 5.74) is 3.65. The predicted octanol–water partition coefficient (Wildman–Crippen LogP) is 4.79. The molecule has 2 N–H and O–H groups in total. The number of nitrogens with one attached hydrogen (secondary N) is 1. The van der Waals surface area contributed by atoms with Gasteiger partial charge in [-0.2, -0.15) is 0 Å². The molecule has 1 heterocycles. The highest BCUT2D eigenvalue weighted by Gasteiger charge is 2.22. The van der Waals surface area contributed by atoms with Crippen molar-refractivity contribution in [2.75, 3.05) is 6.61 Å². The Labute approximate surface area is 187 Å². The van der Waals surface area contributed by atoms with Gasteiger partial charge in [0.1, 0.15) is 5.75 Å². The van der Waals surface area contributed by atoms with Gasteiger partial charge in [0.05, 0.1) is 24.8 Å². The molecule has 3 aromatic rings. The fourth-order valence-corrected chi connectivity index (χ4v) is 3.61. The number of carbonyl (C=O) groups is 2. The lowest BCUT2D eigenvalue weighted by Crippen LogP contribution is -2.30. The maximum absolute atomic E-state index is 13.0. The summed E-state index contributed by atoms with van der Waals surface area (Å²) in [5.74, 6) is 0.129. The van der Waals surface area contributed by atoms with Crippen molar-refractivity contribution in [2.24, 2.45) is 5.92 Å². The van der Waals surface area contributed by atoms with Gasteiger partial charge in [0.15, 0.2) is 0 Å². The van der Waals surface area contributed by atoms with Crippen LogP contribution in [-0.4, -0.2) is 28.6 Å². The SMILES string of the molecule is Cc1ccccc1[C@H](CC(=O)O)NC(=O)c1ccnc(-c2cccc(OCC3CC3)c2)c1. The van der Waals surface area contributed by atoms with Crippen LogP contribution in [0.15, 0.2) is 66.9 Å². The zero-order valence-corrected chi connectivity index (χ0v) is 18.0. The number of aliphatic carboxylic acids is 1. The van der Waals surface area contributed by atoms with Gasteiger partial charge < -0.3 is 15.2 Å². The zero-order valence-electron chi connectivity index (χ0n) is 18.0. The van der Waals surface area contributed by atoms with Crippen LogP contribution >= 0.6 is 0 Å². The predicted molar refractivity (Wildman–Crippen MR) is 122 cm³/mol. The summed E-state index contributed by atoms with van der Waals surface area (Å²) in [7, 11) is 0. The van der Waals surface area contributed by atoms with E-state index in [0.29, 0.717) is 17.2 Å². The fourth-order valence-electron chi connectivity index (χ4n) is 3.61. The third-order valence-electron chi connectivity index (χ3n) is 5.58. The van der Waals surface area contributed by atoms with E-state index in [0.717, 1.165) is 29.0 Å². The smallest absolute Gasteiger partial charge is 0.305 e. The van der Waals surface area contributed by atoms with Crippen molar-refractivity contribution in [3.8, 4) is 17.0 Å². The summed E-state index contributed by atoms with van der Waals surface area (Å²) in [4.78, 5) is 28.8. The molecule has 1 atom stereocenters. The molecule has 1 aliphatic carbocycles. The van der Waals surface area contributed by atoms with Crippen molar-refractivity contribution in [2.45, 2.75) is 32.2 Å². The van der Waals surface area contributed by atoms with E-state index in [1.807, 2.05) is 55.5 Å². The summed E-state index contributed by atoms with van der Waals surface area (Å²) >= 11 is 0. The molecule has 1 fully saturated rings. The van der Waals surface area contributed by atoms with Crippen molar-refractivity contribution in [1.82, 2.24) is 10.3 Å². The summed E-state index contributed by atoms with van der Waals surface area (Å²) in [6, 6.07) is 17.9. The molecule has 0 aliphatic heterocycles. The molecule has 1 aromatic heterocycles. The average Bonchev–Trinajstić information content (AvgIpc) is 3.62. The lowest BCUT2D eigenvalue weighted by atomic mass is 9.98. The van der Waals surface area contributed by atoms with Crippen molar-refractivity contribution in [1.29, 1.82) is 0 Å². The van der Waals surface area contributed by atoms with Crippen LogP contribution in [0, 0.1) is 12.8 Å². The zero-order chi connectivity index (χ0) is 22.5. The van der Waals surface area contributed by atoms with Crippen LogP contribution in [0.25, 0.3) is 11.3 Å². The van der Waals surface area contributed by atoms with Gasteiger partial charge >= 0.3 is 5.97 Å². The Hall–Kier alpha value is -3.67. The number of carboxylic acid groups (broad SMARTS) is 1.